The predicted molar refractivity (Wildman–Crippen MR) is 114 cm³/mol. The largest absolute Gasteiger partial charge is 0.416 e. The summed E-state index contributed by atoms with van der Waals surface area (Å²) in [5, 5.41) is 6.50. The van der Waals surface area contributed by atoms with E-state index in [2.05, 4.69) is 16.1 Å². The number of amides is 1. The Morgan fingerprint density at radius 2 is 1.67 bits per heavy atom. The van der Waals surface area contributed by atoms with Crippen molar-refractivity contribution in [2.45, 2.75) is 37.3 Å². The fraction of sp³-hybridized carbons (Fsp3) is 0.333. The molecule has 3 N–H and O–H groups in total. The molecule has 0 aliphatic carbocycles. The van der Waals surface area contributed by atoms with Gasteiger partial charge in [0.25, 0.3) is 0 Å². The smallest absolute Gasteiger partial charge is 0.358 e. The zero-order valence-corrected chi connectivity index (χ0v) is 18.0. The highest BCUT2D eigenvalue weighted by molar-refractivity contribution is 7.80. The number of hydrogen-bond donors (Lipinski definition) is 3. The van der Waals surface area contributed by atoms with Crippen molar-refractivity contribution in [2.75, 3.05) is 12.4 Å². The van der Waals surface area contributed by atoms with Crippen LogP contribution in [-0.2, 0) is 23.6 Å². The van der Waals surface area contributed by atoms with Crippen molar-refractivity contribution in [3.63, 3.8) is 0 Å². The molecule has 3 rings (SSSR count). The van der Waals surface area contributed by atoms with Gasteiger partial charge in [0.2, 0.25) is 5.91 Å². The summed E-state index contributed by atoms with van der Waals surface area (Å²) >= 11 is 5.19. The standard InChI is InChI=1S/C21H20F6N4OS/c1-31-18(32)11-17(30-31)16(7-12-5-3-2-4-6-12)29-19(33)28-15-9-13(20(22,23)24)8-14(10-15)21(25,26)27/h2-6,8-10,16-17,30H,7,11H2,1H3,(H2,28,29,33)/t16-,17+/m0/s1. The molecule has 1 amide bonds. The number of anilines is 1. The van der Waals surface area contributed by atoms with Gasteiger partial charge in [-0.15, -0.1) is 0 Å². The van der Waals surface area contributed by atoms with Gasteiger partial charge < -0.3 is 10.6 Å². The quantitative estimate of drug-likeness (QED) is 0.430. The van der Waals surface area contributed by atoms with Crippen LogP contribution in [0.1, 0.15) is 23.1 Å². The molecule has 12 heteroatoms. The van der Waals surface area contributed by atoms with E-state index in [1.54, 1.807) is 7.05 Å². The molecular weight excluding hydrogens is 470 g/mol. The molecule has 2 aromatic carbocycles. The summed E-state index contributed by atoms with van der Waals surface area (Å²) in [6, 6.07) is 9.47. The van der Waals surface area contributed by atoms with E-state index in [-0.39, 0.29) is 23.5 Å². The molecule has 0 radical (unpaired) electrons. The Hall–Kier alpha value is -2.86. The Labute approximate surface area is 191 Å². The molecule has 0 spiro atoms. The van der Waals surface area contributed by atoms with Gasteiger partial charge in [0, 0.05) is 25.2 Å². The van der Waals surface area contributed by atoms with Crippen LogP contribution in [0.3, 0.4) is 0 Å². The van der Waals surface area contributed by atoms with Crippen molar-refractivity contribution >= 4 is 28.9 Å². The highest BCUT2D eigenvalue weighted by Gasteiger charge is 2.37. The molecule has 2 aromatic rings. The molecule has 1 aliphatic heterocycles. The van der Waals surface area contributed by atoms with Crippen LogP contribution in [0.5, 0.6) is 0 Å². The van der Waals surface area contributed by atoms with Gasteiger partial charge in [-0.2, -0.15) is 26.3 Å². The number of hydrazine groups is 1. The Balaban J connectivity index is 1.81. The maximum absolute atomic E-state index is 13.1. The van der Waals surface area contributed by atoms with Crippen molar-refractivity contribution in [1.82, 2.24) is 15.8 Å². The minimum atomic E-state index is -4.97. The summed E-state index contributed by atoms with van der Waals surface area (Å²) in [4.78, 5) is 12.0. The molecule has 5 nitrogen and oxygen atoms in total. The second-order valence-electron chi connectivity index (χ2n) is 7.58. The number of rotatable bonds is 5. The normalized spacial score (nSPS) is 17.7. The fourth-order valence-corrected chi connectivity index (χ4v) is 3.72. The number of thiocarbonyl (C=S) groups is 1. The molecule has 1 heterocycles. The van der Waals surface area contributed by atoms with Gasteiger partial charge in [0.1, 0.15) is 0 Å². The topological polar surface area (TPSA) is 56.4 Å². The number of nitrogens with zero attached hydrogens (tertiary/aromatic N) is 1. The molecule has 1 aliphatic rings. The van der Waals surface area contributed by atoms with E-state index in [4.69, 9.17) is 12.2 Å². The van der Waals surface area contributed by atoms with Crippen LogP contribution in [0.25, 0.3) is 0 Å². The van der Waals surface area contributed by atoms with Crippen LogP contribution in [0, 0.1) is 0 Å². The highest BCUT2D eigenvalue weighted by Crippen LogP contribution is 2.37. The molecule has 0 bridgehead atoms. The van der Waals surface area contributed by atoms with E-state index in [9.17, 15) is 31.1 Å². The zero-order valence-electron chi connectivity index (χ0n) is 17.2. The van der Waals surface area contributed by atoms with Crippen molar-refractivity contribution in [3.05, 3.63) is 65.2 Å². The maximum Gasteiger partial charge on any atom is 0.416 e. The monoisotopic (exact) mass is 490 g/mol. The SMILES string of the molecule is CN1N[C@@H]([C@H](Cc2ccccc2)NC(=S)Nc2cc(C(F)(F)F)cc(C(F)(F)F)c2)CC1=O. The van der Waals surface area contributed by atoms with E-state index in [1.807, 2.05) is 30.3 Å². The van der Waals surface area contributed by atoms with Crippen molar-refractivity contribution in [2.24, 2.45) is 0 Å². The van der Waals surface area contributed by atoms with Crippen LogP contribution >= 0.6 is 12.2 Å². The van der Waals surface area contributed by atoms with E-state index in [0.29, 0.717) is 18.6 Å². The van der Waals surface area contributed by atoms with Crippen LogP contribution < -0.4 is 16.1 Å². The maximum atomic E-state index is 13.1. The van der Waals surface area contributed by atoms with Gasteiger partial charge in [0.05, 0.1) is 17.2 Å². The molecule has 1 fully saturated rings. The number of benzene rings is 2. The van der Waals surface area contributed by atoms with Gasteiger partial charge >= 0.3 is 12.4 Å². The van der Waals surface area contributed by atoms with Gasteiger partial charge in [-0.1, -0.05) is 30.3 Å². The van der Waals surface area contributed by atoms with E-state index in [1.165, 1.54) is 5.01 Å². The average molecular weight is 490 g/mol. The van der Waals surface area contributed by atoms with Crippen molar-refractivity contribution in [1.29, 1.82) is 0 Å². The Bertz CT molecular complexity index is 980. The molecule has 0 aromatic heterocycles. The zero-order chi connectivity index (χ0) is 24.4. The van der Waals surface area contributed by atoms with Crippen LogP contribution in [0.4, 0.5) is 32.0 Å². The van der Waals surface area contributed by atoms with Gasteiger partial charge in [-0.3, -0.25) is 9.80 Å². The lowest BCUT2D eigenvalue weighted by Crippen LogP contribution is -2.51. The molecule has 1 saturated heterocycles. The third-order valence-corrected chi connectivity index (χ3v) is 5.29. The fourth-order valence-electron chi connectivity index (χ4n) is 3.45. The first kappa shape index (κ1) is 24.8. The van der Waals surface area contributed by atoms with E-state index in [0.717, 1.165) is 5.56 Å². The van der Waals surface area contributed by atoms with Gasteiger partial charge in [0.15, 0.2) is 5.11 Å². The molecule has 0 unspecified atom stereocenters. The number of hydrogen-bond acceptors (Lipinski definition) is 3. The van der Waals surface area contributed by atoms with Crippen LogP contribution in [-0.4, -0.2) is 35.2 Å². The van der Waals surface area contributed by atoms with Crippen LogP contribution in [0.2, 0.25) is 0 Å². The summed E-state index contributed by atoms with van der Waals surface area (Å²) in [6.07, 6.45) is -9.40. The summed E-state index contributed by atoms with van der Waals surface area (Å²) in [5.74, 6) is -0.161. The Kier molecular flexibility index (Phi) is 7.17. The predicted octanol–water partition coefficient (Wildman–Crippen LogP) is 4.36. The molecule has 2 atom stereocenters. The first-order valence-corrected chi connectivity index (χ1v) is 10.2. The Morgan fingerprint density at radius 1 is 1.09 bits per heavy atom. The highest BCUT2D eigenvalue weighted by atomic mass is 32.1. The number of carbonyl (C=O) groups excluding carboxylic acids is 1. The lowest BCUT2D eigenvalue weighted by molar-refractivity contribution is -0.143. The van der Waals surface area contributed by atoms with E-state index >= 15 is 0 Å². The van der Waals surface area contributed by atoms with Crippen molar-refractivity contribution in [3.8, 4) is 0 Å². The lowest BCUT2D eigenvalue weighted by Gasteiger charge is -2.27. The second kappa shape index (κ2) is 9.56. The second-order valence-corrected chi connectivity index (χ2v) is 7.99. The number of alkyl halides is 6. The first-order valence-electron chi connectivity index (χ1n) is 9.76. The minimum Gasteiger partial charge on any atom is -0.358 e. The third kappa shape index (κ3) is 6.57. The minimum absolute atomic E-state index is 0.0454. The molecule has 33 heavy (non-hydrogen) atoms. The first-order chi connectivity index (χ1) is 15.3. The van der Waals surface area contributed by atoms with E-state index < -0.39 is 41.3 Å². The lowest BCUT2D eigenvalue weighted by atomic mass is 9.98. The molecule has 178 valence electrons. The summed E-state index contributed by atoms with van der Waals surface area (Å²) < 4.78 is 78.7. The number of halogens is 6. The molecule has 0 saturated carbocycles. The average Bonchev–Trinajstić information content (AvgIpc) is 3.05. The third-order valence-electron chi connectivity index (χ3n) is 5.07. The molecular formula is C21H20F6N4OS. The van der Waals surface area contributed by atoms with Crippen LogP contribution in [0.15, 0.2) is 48.5 Å². The van der Waals surface area contributed by atoms with Gasteiger partial charge in [-0.25, -0.2) is 5.43 Å². The van der Waals surface area contributed by atoms with Crippen molar-refractivity contribution < 1.29 is 31.1 Å². The number of nitrogens with one attached hydrogen (secondary N) is 3. The summed E-state index contributed by atoms with van der Waals surface area (Å²) in [5.41, 5.74) is 0.531. The van der Waals surface area contributed by atoms with Gasteiger partial charge in [-0.05, 0) is 42.4 Å². The Morgan fingerprint density at radius 3 is 2.15 bits per heavy atom. The summed E-state index contributed by atoms with van der Waals surface area (Å²) in [6.45, 7) is 0. The number of carbonyl (C=O) groups is 1. The summed E-state index contributed by atoms with van der Waals surface area (Å²) in [7, 11) is 1.56.